The second kappa shape index (κ2) is 8.25. The van der Waals surface area contributed by atoms with Crippen molar-refractivity contribution in [2.75, 3.05) is 57.4 Å². The number of hydrogen-bond donors (Lipinski definition) is 2. The highest BCUT2D eigenvalue weighted by Gasteiger charge is 2.32. The standard InChI is InChI=1S/C18H27ClN4O2/c19-15-1-3-16(4-2-15)22-7-9-23(10-8-22)17(20)21-13-18(14-24)5-11-25-12-6-18/h1-4,24H,5-14H2,(H2,20,21). The maximum atomic E-state index is 9.75. The quantitative estimate of drug-likeness (QED) is 0.625. The zero-order valence-electron chi connectivity index (χ0n) is 14.5. The average molecular weight is 367 g/mol. The summed E-state index contributed by atoms with van der Waals surface area (Å²) in [6.07, 6.45) is 1.68. The summed E-state index contributed by atoms with van der Waals surface area (Å²) in [4.78, 5) is 9.04. The summed E-state index contributed by atoms with van der Waals surface area (Å²) >= 11 is 5.95. The smallest absolute Gasteiger partial charge is 0.191 e. The zero-order chi connectivity index (χ0) is 17.7. The molecular formula is C18H27ClN4O2. The Kier molecular flexibility index (Phi) is 6.04. The maximum Gasteiger partial charge on any atom is 0.191 e. The van der Waals surface area contributed by atoms with Gasteiger partial charge in [-0.3, -0.25) is 4.99 Å². The van der Waals surface area contributed by atoms with E-state index in [-0.39, 0.29) is 12.0 Å². The molecule has 6 nitrogen and oxygen atoms in total. The highest BCUT2D eigenvalue weighted by molar-refractivity contribution is 6.30. The van der Waals surface area contributed by atoms with Gasteiger partial charge in [-0.2, -0.15) is 0 Å². The number of hydrogen-bond acceptors (Lipinski definition) is 4. The fourth-order valence-electron chi connectivity index (χ4n) is 3.37. The molecule has 1 aromatic carbocycles. The molecule has 138 valence electrons. The number of piperazine rings is 1. The molecule has 7 heteroatoms. The second-order valence-electron chi connectivity index (χ2n) is 6.90. The lowest BCUT2D eigenvalue weighted by atomic mass is 9.81. The summed E-state index contributed by atoms with van der Waals surface area (Å²) in [5.74, 6) is 0.579. The van der Waals surface area contributed by atoms with Crippen molar-refractivity contribution in [3.8, 4) is 0 Å². The van der Waals surface area contributed by atoms with Crippen molar-refractivity contribution in [1.82, 2.24) is 4.90 Å². The minimum absolute atomic E-state index is 0.136. The molecule has 0 unspecified atom stereocenters. The van der Waals surface area contributed by atoms with E-state index in [2.05, 4.69) is 14.8 Å². The fourth-order valence-corrected chi connectivity index (χ4v) is 3.49. The summed E-state index contributed by atoms with van der Waals surface area (Å²) in [6, 6.07) is 7.93. The molecular weight excluding hydrogens is 340 g/mol. The van der Waals surface area contributed by atoms with Crippen molar-refractivity contribution in [2.45, 2.75) is 12.8 Å². The number of rotatable bonds is 4. The molecule has 0 bridgehead atoms. The second-order valence-corrected chi connectivity index (χ2v) is 7.33. The van der Waals surface area contributed by atoms with Crippen LogP contribution in [0.15, 0.2) is 29.3 Å². The van der Waals surface area contributed by atoms with Crippen LogP contribution in [0.25, 0.3) is 0 Å². The normalized spacial score (nSPS) is 21.4. The molecule has 2 fully saturated rings. The molecule has 2 heterocycles. The van der Waals surface area contributed by atoms with E-state index in [1.54, 1.807) is 0 Å². The third-order valence-corrected chi connectivity index (χ3v) is 5.51. The van der Waals surface area contributed by atoms with Crippen LogP contribution in [0.1, 0.15) is 12.8 Å². The number of aliphatic hydroxyl groups excluding tert-OH is 1. The van der Waals surface area contributed by atoms with Gasteiger partial charge in [0.2, 0.25) is 0 Å². The van der Waals surface area contributed by atoms with Gasteiger partial charge in [0.1, 0.15) is 0 Å². The number of halogens is 1. The van der Waals surface area contributed by atoms with Crippen molar-refractivity contribution in [1.29, 1.82) is 0 Å². The lowest BCUT2D eigenvalue weighted by Crippen LogP contribution is -2.51. The zero-order valence-corrected chi connectivity index (χ0v) is 15.3. The number of benzene rings is 1. The van der Waals surface area contributed by atoms with Crippen LogP contribution in [0.3, 0.4) is 0 Å². The van der Waals surface area contributed by atoms with Crippen LogP contribution >= 0.6 is 11.6 Å². The Labute approximate surface area is 154 Å². The average Bonchev–Trinajstić information content (AvgIpc) is 2.67. The molecule has 25 heavy (non-hydrogen) atoms. The van der Waals surface area contributed by atoms with Crippen molar-refractivity contribution in [3.63, 3.8) is 0 Å². The van der Waals surface area contributed by atoms with E-state index < -0.39 is 0 Å². The third kappa shape index (κ3) is 4.57. The Hall–Kier alpha value is -1.50. The Bertz CT molecular complexity index is 579. The Morgan fingerprint density at radius 3 is 2.40 bits per heavy atom. The van der Waals surface area contributed by atoms with Crippen LogP contribution in [0.5, 0.6) is 0 Å². The van der Waals surface area contributed by atoms with Crippen LogP contribution in [-0.2, 0) is 4.74 Å². The number of aliphatic hydroxyl groups is 1. The van der Waals surface area contributed by atoms with Crippen LogP contribution < -0.4 is 10.6 Å². The van der Waals surface area contributed by atoms with E-state index in [4.69, 9.17) is 22.1 Å². The summed E-state index contributed by atoms with van der Waals surface area (Å²) in [5.41, 5.74) is 7.22. The maximum absolute atomic E-state index is 9.75. The van der Waals surface area contributed by atoms with Gasteiger partial charge in [0.25, 0.3) is 0 Å². The predicted octanol–water partition coefficient (Wildman–Crippen LogP) is 1.57. The molecule has 3 rings (SSSR count). The van der Waals surface area contributed by atoms with Gasteiger partial charge >= 0.3 is 0 Å². The van der Waals surface area contributed by atoms with Gasteiger partial charge < -0.3 is 25.4 Å². The first-order valence-corrected chi connectivity index (χ1v) is 9.24. The molecule has 0 aromatic heterocycles. The largest absolute Gasteiger partial charge is 0.396 e. The lowest BCUT2D eigenvalue weighted by Gasteiger charge is -2.37. The minimum Gasteiger partial charge on any atom is -0.396 e. The lowest BCUT2D eigenvalue weighted by molar-refractivity contribution is -0.0106. The molecule has 0 saturated carbocycles. The number of nitrogens with zero attached hydrogens (tertiary/aromatic N) is 3. The van der Waals surface area contributed by atoms with E-state index in [1.165, 1.54) is 5.69 Å². The summed E-state index contributed by atoms with van der Waals surface area (Å²) in [6.45, 7) is 5.56. The fraction of sp³-hybridized carbons (Fsp3) is 0.611. The number of guanidine groups is 1. The van der Waals surface area contributed by atoms with Crippen molar-refractivity contribution in [2.24, 2.45) is 16.1 Å². The molecule has 2 saturated heterocycles. The van der Waals surface area contributed by atoms with Crippen LogP contribution in [0, 0.1) is 5.41 Å². The number of aliphatic imine (C=N–C) groups is 1. The highest BCUT2D eigenvalue weighted by Crippen LogP contribution is 2.30. The van der Waals surface area contributed by atoms with Crippen LogP contribution in [0.2, 0.25) is 5.02 Å². The first-order valence-electron chi connectivity index (χ1n) is 8.86. The van der Waals surface area contributed by atoms with E-state index in [1.807, 2.05) is 24.3 Å². The van der Waals surface area contributed by atoms with E-state index in [0.29, 0.717) is 25.7 Å². The minimum atomic E-state index is -0.173. The molecule has 0 radical (unpaired) electrons. The van der Waals surface area contributed by atoms with Gasteiger partial charge in [-0.05, 0) is 37.1 Å². The van der Waals surface area contributed by atoms with Crippen LogP contribution in [0.4, 0.5) is 5.69 Å². The van der Waals surface area contributed by atoms with Crippen molar-refractivity contribution in [3.05, 3.63) is 29.3 Å². The first kappa shape index (κ1) is 18.3. The molecule has 0 spiro atoms. The van der Waals surface area contributed by atoms with E-state index in [9.17, 15) is 5.11 Å². The SMILES string of the molecule is NC(=NCC1(CO)CCOCC1)N1CCN(c2ccc(Cl)cc2)CC1. The van der Waals surface area contributed by atoms with Gasteiger partial charge in [-0.25, -0.2) is 0 Å². The Balaban J connectivity index is 1.53. The molecule has 1 aromatic rings. The van der Waals surface area contributed by atoms with Gasteiger partial charge in [0.05, 0.1) is 13.2 Å². The third-order valence-electron chi connectivity index (χ3n) is 5.26. The summed E-state index contributed by atoms with van der Waals surface area (Å²) < 4.78 is 5.40. The first-order chi connectivity index (χ1) is 12.1. The molecule has 2 aliphatic heterocycles. The molecule has 0 aliphatic carbocycles. The number of ether oxygens (including phenoxy) is 1. The van der Waals surface area contributed by atoms with Crippen molar-refractivity contribution >= 4 is 23.2 Å². The van der Waals surface area contributed by atoms with Crippen LogP contribution in [-0.4, -0.2) is 68.5 Å². The Morgan fingerprint density at radius 2 is 1.80 bits per heavy atom. The summed E-state index contributed by atoms with van der Waals surface area (Å²) in [5, 5.41) is 10.5. The van der Waals surface area contributed by atoms with Gasteiger partial charge in [0, 0.05) is 55.5 Å². The molecule has 3 N–H and O–H groups in total. The monoisotopic (exact) mass is 366 g/mol. The summed E-state index contributed by atoms with van der Waals surface area (Å²) in [7, 11) is 0. The molecule has 0 amide bonds. The van der Waals surface area contributed by atoms with E-state index in [0.717, 1.165) is 44.0 Å². The van der Waals surface area contributed by atoms with Gasteiger partial charge in [-0.1, -0.05) is 11.6 Å². The Morgan fingerprint density at radius 1 is 1.16 bits per heavy atom. The highest BCUT2D eigenvalue weighted by atomic mass is 35.5. The molecule has 2 aliphatic rings. The van der Waals surface area contributed by atoms with E-state index >= 15 is 0 Å². The topological polar surface area (TPSA) is 74.3 Å². The van der Waals surface area contributed by atoms with Crippen molar-refractivity contribution < 1.29 is 9.84 Å². The predicted molar refractivity (Wildman–Crippen MR) is 101 cm³/mol. The van der Waals surface area contributed by atoms with Gasteiger partial charge in [0.15, 0.2) is 5.96 Å². The number of nitrogens with two attached hydrogens (primary N) is 1. The number of anilines is 1. The van der Waals surface area contributed by atoms with Gasteiger partial charge in [-0.15, -0.1) is 0 Å². The molecule has 0 atom stereocenters.